The van der Waals surface area contributed by atoms with E-state index in [1.54, 1.807) is 18.2 Å². The molecule has 0 spiro atoms. The van der Waals surface area contributed by atoms with Gasteiger partial charge in [-0.3, -0.25) is 4.79 Å². The van der Waals surface area contributed by atoms with E-state index < -0.39 is 18.0 Å². The zero-order chi connectivity index (χ0) is 19.4. The summed E-state index contributed by atoms with van der Waals surface area (Å²) in [5.41, 5.74) is 2.15. The van der Waals surface area contributed by atoms with E-state index in [0.29, 0.717) is 41.9 Å². The Bertz CT molecular complexity index is 829. The Balaban J connectivity index is 1.59. The maximum absolute atomic E-state index is 12.3. The van der Waals surface area contributed by atoms with Gasteiger partial charge in [-0.05, 0) is 48.7 Å². The molecule has 2 aromatic carbocycles. The highest BCUT2D eigenvalue weighted by Gasteiger charge is 2.21. The average Bonchev–Trinajstić information content (AvgIpc) is 2.67. The molecule has 1 amide bonds. The van der Waals surface area contributed by atoms with Crippen LogP contribution in [-0.4, -0.2) is 31.2 Å². The van der Waals surface area contributed by atoms with Crippen LogP contribution in [0.5, 0.6) is 11.5 Å². The molecule has 1 heterocycles. The SMILES string of the molecule is CC(C)c1ccc(NC(=O)[C@H](C)OC(=O)c2ccc3c(c2)OCCO3)cc1. The van der Waals surface area contributed by atoms with Crippen molar-refractivity contribution in [2.24, 2.45) is 0 Å². The molecule has 27 heavy (non-hydrogen) atoms. The number of hydrogen-bond donors (Lipinski definition) is 1. The summed E-state index contributed by atoms with van der Waals surface area (Å²) in [6.45, 7) is 6.65. The van der Waals surface area contributed by atoms with Gasteiger partial charge in [0.15, 0.2) is 17.6 Å². The quantitative estimate of drug-likeness (QED) is 0.812. The maximum Gasteiger partial charge on any atom is 0.339 e. The van der Waals surface area contributed by atoms with Crippen molar-refractivity contribution in [2.75, 3.05) is 18.5 Å². The number of amides is 1. The Labute approximate surface area is 158 Å². The predicted molar refractivity (Wildman–Crippen MR) is 101 cm³/mol. The van der Waals surface area contributed by atoms with Crippen LogP contribution in [0.2, 0.25) is 0 Å². The van der Waals surface area contributed by atoms with Gasteiger partial charge in [-0.1, -0.05) is 26.0 Å². The lowest BCUT2D eigenvalue weighted by molar-refractivity contribution is -0.123. The number of benzene rings is 2. The van der Waals surface area contributed by atoms with Crippen LogP contribution in [0.4, 0.5) is 5.69 Å². The number of nitrogens with one attached hydrogen (secondary N) is 1. The van der Waals surface area contributed by atoms with Gasteiger partial charge in [-0.2, -0.15) is 0 Å². The van der Waals surface area contributed by atoms with Gasteiger partial charge in [0.25, 0.3) is 5.91 Å². The lowest BCUT2D eigenvalue weighted by atomic mass is 10.0. The van der Waals surface area contributed by atoms with E-state index in [1.807, 2.05) is 24.3 Å². The van der Waals surface area contributed by atoms with Crippen molar-refractivity contribution >= 4 is 17.6 Å². The minimum absolute atomic E-state index is 0.306. The Morgan fingerprint density at radius 3 is 2.30 bits per heavy atom. The molecule has 1 aliphatic heterocycles. The van der Waals surface area contributed by atoms with Gasteiger partial charge in [-0.15, -0.1) is 0 Å². The maximum atomic E-state index is 12.3. The summed E-state index contributed by atoms with van der Waals surface area (Å²) in [7, 11) is 0. The van der Waals surface area contributed by atoms with Crippen LogP contribution in [0.3, 0.4) is 0 Å². The molecule has 0 bridgehead atoms. The molecule has 0 radical (unpaired) electrons. The lowest BCUT2D eigenvalue weighted by Gasteiger charge is -2.19. The second kappa shape index (κ2) is 8.12. The lowest BCUT2D eigenvalue weighted by Crippen LogP contribution is -2.30. The van der Waals surface area contributed by atoms with Crippen LogP contribution in [0.25, 0.3) is 0 Å². The van der Waals surface area contributed by atoms with E-state index >= 15 is 0 Å². The molecule has 1 N–H and O–H groups in total. The molecule has 6 nitrogen and oxygen atoms in total. The fraction of sp³-hybridized carbons (Fsp3) is 0.333. The molecule has 0 aromatic heterocycles. The third-order valence-electron chi connectivity index (χ3n) is 4.28. The second-order valence-corrected chi connectivity index (χ2v) is 6.67. The van der Waals surface area contributed by atoms with Crippen LogP contribution in [0.15, 0.2) is 42.5 Å². The van der Waals surface area contributed by atoms with Gasteiger partial charge in [0.05, 0.1) is 5.56 Å². The largest absolute Gasteiger partial charge is 0.486 e. The Hall–Kier alpha value is -3.02. The first-order chi connectivity index (χ1) is 12.9. The van der Waals surface area contributed by atoms with Gasteiger partial charge in [0.2, 0.25) is 0 Å². The molecule has 142 valence electrons. The first-order valence-electron chi connectivity index (χ1n) is 8.95. The van der Waals surface area contributed by atoms with Crippen molar-refractivity contribution in [3.05, 3.63) is 53.6 Å². The van der Waals surface area contributed by atoms with Crippen LogP contribution in [0.1, 0.15) is 42.6 Å². The van der Waals surface area contributed by atoms with Gasteiger partial charge >= 0.3 is 5.97 Å². The summed E-state index contributed by atoms with van der Waals surface area (Å²) >= 11 is 0. The van der Waals surface area contributed by atoms with Crippen LogP contribution < -0.4 is 14.8 Å². The van der Waals surface area contributed by atoms with Crippen molar-refractivity contribution < 1.29 is 23.8 Å². The molecule has 3 rings (SSSR count). The molecule has 0 fully saturated rings. The second-order valence-electron chi connectivity index (χ2n) is 6.67. The zero-order valence-electron chi connectivity index (χ0n) is 15.7. The van der Waals surface area contributed by atoms with Crippen LogP contribution >= 0.6 is 0 Å². The minimum atomic E-state index is -0.935. The van der Waals surface area contributed by atoms with E-state index in [0.717, 1.165) is 0 Å². The topological polar surface area (TPSA) is 73.9 Å². The molecular formula is C21H23NO5. The Kier molecular flexibility index (Phi) is 5.64. The Morgan fingerprint density at radius 1 is 0.963 bits per heavy atom. The molecule has 0 unspecified atom stereocenters. The molecular weight excluding hydrogens is 346 g/mol. The molecule has 0 aliphatic carbocycles. The van der Waals surface area contributed by atoms with Gasteiger partial charge < -0.3 is 19.5 Å². The summed E-state index contributed by atoms with van der Waals surface area (Å²) in [5, 5.41) is 2.75. The normalized spacial score (nSPS) is 13.8. The van der Waals surface area contributed by atoms with Crippen molar-refractivity contribution in [2.45, 2.75) is 32.8 Å². The van der Waals surface area contributed by atoms with Crippen molar-refractivity contribution in [1.29, 1.82) is 0 Å². The van der Waals surface area contributed by atoms with Gasteiger partial charge in [0, 0.05) is 5.69 Å². The number of esters is 1. The van der Waals surface area contributed by atoms with Crippen molar-refractivity contribution in [1.82, 2.24) is 0 Å². The van der Waals surface area contributed by atoms with E-state index in [9.17, 15) is 9.59 Å². The molecule has 2 aromatic rings. The summed E-state index contributed by atoms with van der Waals surface area (Å²) in [4.78, 5) is 24.6. The third kappa shape index (κ3) is 4.58. The first kappa shape index (κ1) is 18.8. The summed E-state index contributed by atoms with van der Waals surface area (Å²) in [6.07, 6.45) is -0.935. The van der Waals surface area contributed by atoms with Gasteiger partial charge in [-0.25, -0.2) is 4.79 Å². The smallest absolute Gasteiger partial charge is 0.339 e. The molecule has 0 saturated carbocycles. The highest BCUT2D eigenvalue weighted by atomic mass is 16.6. The Morgan fingerprint density at radius 2 is 1.63 bits per heavy atom. The number of fused-ring (bicyclic) bond motifs is 1. The fourth-order valence-corrected chi connectivity index (χ4v) is 2.65. The predicted octanol–water partition coefficient (Wildman–Crippen LogP) is 3.77. The van der Waals surface area contributed by atoms with Crippen LogP contribution in [0, 0.1) is 0 Å². The number of carbonyl (C=O) groups excluding carboxylic acids is 2. The number of hydrogen-bond acceptors (Lipinski definition) is 5. The highest BCUT2D eigenvalue weighted by Crippen LogP contribution is 2.31. The first-order valence-corrected chi connectivity index (χ1v) is 8.95. The average molecular weight is 369 g/mol. The van der Waals surface area contributed by atoms with E-state index in [-0.39, 0.29) is 0 Å². The van der Waals surface area contributed by atoms with Crippen molar-refractivity contribution in [3.63, 3.8) is 0 Å². The molecule has 1 atom stereocenters. The molecule has 1 aliphatic rings. The van der Waals surface area contributed by atoms with E-state index in [4.69, 9.17) is 14.2 Å². The third-order valence-corrected chi connectivity index (χ3v) is 4.28. The van der Waals surface area contributed by atoms with Crippen LogP contribution in [-0.2, 0) is 9.53 Å². The standard InChI is InChI=1S/C21H23NO5/c1-13(2)15-4-7-17(8-5-15)22-20(23)14(3)27-21(24)16-6-9-18-19(12-16)26-11-10-25-18/h4-9,12-14H,10-11H2,1-3H3,(H,22,23)/t14-/m0/s1. The fourth-order valence-electron chi connectivity index (χ4n) is 2.65. The zero-order valence-corrected chi connectivity index (χ0v) is 15.7. The van der Waals surface area contributed by atoms with Crippen molar-refractivity contribution in [3.8, 4) is 11.5 Å². The number of rotatable bonds is 5. The highest BCUT2D eigenvalue weighted by molar-refractivity contribution is 5.97. The summed E-state index contributed by atoms with van der Waals surface area (Å²) in [6, 6.07) is 12.4. The molecule has 0 saturated heterocycles. The molecule has 6 heteroatoms. The number of anilines is 1. The summed E-state index contributed by atoms with van der Waals surface area (Å²) in [5.74, 6) is 0.523. The number of ether oxygens (including phenoxy) is 3. The monoisotopic (exact) mass is 369 g/mol. The minimum Gasteiger partial charge on any atom is -0.486 e. The van der Waals surface area contributed by atoms with E-state index in [1.165, 1.54) is 12.5 Å². The summed E-state index contributed by atoms with van der Waals surface area (Å²) < 4.78 is 16.2. The van der Waals surface area contributed by atoms with E-state index in [2.05, 4.69) is 19.2 Å². The van der Waals surface area contributed by atoms with Gasteiger partial charge in [0.1, 0.15) is 13.2 Å². The number of carbonyl (C=O) groups is 2.